The molecule has 15 heavy (non-hydrogen) atoms. The molecule has 0 aromatic carbocycles. The predicted octanol–water partition coefficient (Wildman–Crippen LogP) is 0.800. The maximum Gasteiger partial charge on any atom is 0.213 e. The first kappa shape index (κ1) is 12.9. The summed E-state index contributed by atoms with van der Waals surface area (Å²) in [6.07, 6.45) is 3.02. The van der Waals surface area contributed by atoms with Gasteiger partial charge in [-0.25, -0.2) is 12.7 Å². The summed E-state index contributed by atoms with van der Waals surface area (Å²) in [5, 5.41) is 3.44. The van der Waals surface area contributed by atoms with Crippen LogP contribution in [0.1, 0.15) is 33.1 Å². The van der Waals surface area contributed by atoms with Crippen molar-refractivity contribution in [2.45, 2.75) is 39.2 Å². The first-order chi connectivity index (χ1) is 7.10. The van der Waals surface area contributed by atoms with Gasteiger partial charge in [-0.2, -0.15) is 0 Å². The highest BCUT2D eigenvalue weighted by Crippen LogP contribution is 2.14. The van der Waals surface area contributed by atoms with Crippen LogP contribution in [0, 0.1) is 0 Å². The molecule has 0 bridgehead atoms. The van der Waals surface area contributed by atoms with Crippen LogP contribution in [0.25, 0.3) is 0 Å². The van der Waals surface area contributed by atoms with Crippen LogP contribution in [0.3, 0.4) is 0 Å². The van der Waals surface area contributed by atoms with E-state index < -0.39 is 10.0 Å². The summed E-state index contributed by atoms with van der Waals surface area (Å²) in [4.78, 5) is 0. The maximum atomic E-state index is 11.6. The molecule has 4 nitrogen and oxygen atoms in total. The van der Waals surface area contributed by atoms with Crippen molar-refractivity contribution in [2.24, 2.45) is 0 Å². The Labute approximate surface area is 93.1 Å². The van der Waals surface area contributed by atoms with Crippen LogP contribution >= 0.6 is 0 Å². The molecular weight excluding hydrogens is 212 g/mol. The van der Waals surface area contributed by atoms with E-state index >= 15 is 0 Å². The summed E-state index contributed by atoms with van der Waals surface area (Å²) < 4.78 is 24.8. The zero-order chi connectivity index (χ0) is 11.3. The van der Waals surface area contributed by atoms with Gasteiger partial charge in [-0.15, -0.1) is 0 Å². The minimum Gasteiger partial charge on any atom is -0.314 e. The Hall–Kier alpha value is -0.130. The highest BCUT2D eigenvalue weighted by Gasteiger charge is 2.25. The number of nitrogens with zero attached hydrogens (tertiary/aromatic N) is 1. The highest BCUT2D eigenvalue weighted by atomic mass is 32.2. The molecule has 1 heterocycles. The Morgan fingerprint density at radius 2 is 1.87 bits per heavy atom. The van der Waals surface area contributed by atoms with Gasteiger partial charge in [-0.05, 0) is 32.7 Å². The summed E-state index contributed by atoms with van der Waals surface area (Å²) >= 11 is 0. The lowest BCUT2D eigenvalue weighted by Gasteiger charge is -2.31. The SMILES string of the molecule is CCCNC1CCN(S(=O)(=O)CC)CC1. The minimum atomic E-state index is -2.96. The van der Waals surface area contributed by atoms with Crippen LogP contribution in [-0.4, -0.2) is 44.2 Å². The summed E-state index contributed by atoms with van der Waals surface area (Å²) in [5.74, 6) is 0.222. The van der Waals surface area contributed by atoms with Crippen molar-refractivity contribution >= 4 is 10.0 Å². The number of nitrogens with one attached hydrogen (secondary N) is 1. The highest BCUT2D eigenvalue weighted by molar-refractivity contribution is 7.89. The quantitative estimate of drug-likeness (QED) is 0.765. The van der Waals surface area contributed by atoms with E-state index in [9.17, 15) is 8.42 Å². The predicted molar refractivity (Wildman–Crippen MR) is 62.3 cm³/mol. The van der Waals surface area contributed by atoms with Crippen molar-refractivity contribution < 1.29 is 8.42 Å². The van der Waals surface area contributed by atoms with Gasteiger partial charge in [0.15, 0.2) is 0 Å². The maximum absolute atomic E-state index is 11.6. The van der Waals surface area contributed by atoms with Gasteiger partial charge in [0.2, 0.25) is 10.0 Å². The van der Waals surface area contributed by atoms with Crippen LogP contribution in [0.5, 0.6) is 0 Å². The summed E-state index contributed by atoms with van der Waals surface area (Å²) in [5.41, 5.74) is 0. The van der Waals surface area contributed by atoms with Gasteiger partial charge in [0.05, 0.1) is 5.75 Å². The van der Waals surface area contributed by atoms with Crippen LogP contribution in [0.4, 0.5) is 0 Å². The summed E-state index contributed by atoms with van der Waals surface area (Å²) in [7, 11) is -2.96. The Kier molecular flexibility index (Phi) is 5.02. The van der Waals surface area contributed by atoms with E-state index in [-0.39, 0.29) is 5.75 Å². The summed E-state index contributed by atoms with van der Waals surface area (Å²) in [6, 6.07) is 0.508. The number of piperidine rings is 1. The fourth-order valence-corrected chi connectivity index (χ4v) is 3.00. The third-order valence-electron chi connectivity index (χ3n) is 2.90. The first-order valence-corrected chi connectivity index (χ1v) is 7.42. The second-order valence-electron chi connectivity index (χ2n) is 4.03. The molecule has 0 unspecified atom stereocenters. The molecule has 1 aliphatic heterocycles. The van der Waals surface area contributed by atoms with Gasteiger partial charge in [0.1, 0.15) is 0 Å². The van der Waals surface area contributed by atoms with Gasteiger partial charge in [-0.3, -0.25) is 0 Å². The van der Waals surface area contributed by atoms with Crippen LogP contribution in [0.15, 0.2) is 0 Å². The molecule has 1 N–H and O–H groups in total. The Morgan fingerprint density at radius 1 is 1.27 bits per heavy atom. The van der Waals surface area contributed by atoms with E-state index in [1.165, 1.54) is 0 Å². The number of sulfonamides is 1. The monoisotopic (exact) mass is 234 g/mol. The fraction of sp³-hybridized carbons (Fsp3) is 1.00. The van der Waals surface area contributed by atoms with Crippen molar-refractivity contribution in [3.8, 4) is 0 Å². The second-order valence-corrected chi connectivity index (χ2v) is 6.29. The molecule has 0 atom stereocenters. The molecule has 0 aromatic rings. The first-order valence-electron chi connectivity index (χ1n) is 5.81. The van der Waals surface area contributed by atoms with Crippen LogP contribution < -0.4 is 5.32 Å². The van der Waals surface area contributed by atoms with Gasteiger partial charge in [-0.1, -0.05) is 6.92 Å². The van der Waals surface area contributed by atoms with Crippen molar-refractivity contribution in [3.05, 3.63) is 0 Å². The molecule has 0 aromatic heterocycles. The topological polar surface area (TPSA) is 49.4 Å². The Morgan fingerprint density at radius 3 is 2.33 bits per heavy atom. The second kappa shape index (κ2) is 5.82. The third kappa shape index (κ3) is 3.74. The molecule has 0 saturated carbocycles. The van der Waals surface area contributed by atoms with Crippen LogP contribution in [0.2, 0.25) is 0 Å². The Bertz CT molecular complexity index is 269. The van der Waals surface area contributed by atoms with E-state index in [0.29, 0.717) is 19.1 Å². The van der Waals surface area contributed by atoms with Crippen molar-refractivity contribution in [1.82, 2.24) is 9.62 Å². The largest absolute Gasteiger partial charge is 0.314 e. The third-order valence-corrected chi connectivity index (χ3v) is 4.78. The molecule has 0 spiro atoms. The molecule has 0 radical (unpaired) electrons. The van der Waals surface area contributed by atoms with Gasteiger partial charge in [0.25, 0.3) is 0 Å². The van der Waals surface area contributed by atoms with Crippen molar-refractivity contribution in [2.75, 3.05) is 25.4 Å². The van der Waals surface area contributed by atoms with Crippen molar-refractivity contribution in [3.63, 3.8) is 0 Å². The van der Waals surface area contributed by atoms with E-state index in [1.54, 1.807) is 11.2 Å². The van der Waals surface area contributed by atoms with Crippen molar-refractivity contribution in [1.29, 1.82) is 0 Å². The zero-order valence-electron chi connectivity index (χ0n) is 9.70. The van der Waals surface area contributed by atoms with E-state index in [1.807, 2.05) is 0 Å². The molecule has 1 rings (SSSR count). The molecule has 1 fully saturated rings. The average molecular weight is 234 g/mol. The van der Waals surface area contributed by atoms with Gasteiger partial charge >= 0.3 is 0 Å². The normalized spacial score (nSPS) is 20.7. The summed E-state index contributed by atoms with van der Waals surface area (Å²) in [6.45, 7) is 6.24. The molecule has 0 aliphatic carbocycles. The lowest BCUT2D eigenvalue weighted by atomic mass is 10.1. The number of hydrogen-bond donors (Lipinski definition) is 1. The number of rotatable bonds is 5. The Balaban J connectivity index is 2.36. The molecule has 5 heteroatoms. The van der Waals surface area contributed by atoms with Crippen LogP contribution in [-0.2, 0) is 10.0 Å². The van der Waals surface area contributed by atoms with E-state index in [0.717, 1.165) is 25.8 Å². The lowest BCUT2D eigenvalue weighted by molar-refractivity contribution is 0.290. The fourth-order valence-electron chi connectivity index (χ4n) is 1.87. The molecule has 1 aliphatic rings. The van der Waals surface area contributed by atoms with E-state index in [4.69, 9.17) is 0 Å². The average Bonchev–Trinajstić information content (AvgIpc) is 2.27. The lowest BCUT2D eigenvalue weighted by Crippen LogP contribution is -2.45. The molecule has 0 amide bonds. The minimum absolute atomic E-state index is 0.222. The van der Waals surface area contributed by atoms with Gasteiger partial charge in [0, 0.05) is 19.1 Å². The molecular formula is C10H22N2O2S. The zero-order valence-corrected chi connectivity index (χ0v) is 10.5. The smallest absolute Gasteiger partial charge is 0.213 e. The molecule has 90 valence electrons. The molecule has 1 saturated heterocycles. The number of hydrogen-bond acceptors (Lipinski definition) is 3. The standard InChI is InChI=1S/C10H22N2O2S/c1-3-7-11-10-5-8-12(9-6-10)15(13,14)4-2/h10-11H,3-9H2,1-2H3. The van der Waals surface area contributed by atoms with Gasteiger partial charge < -0.3 is 5.32 Å². The van der Waals surface area contributed by atoms with E-state index in [2.05, 4.69) is 12.2 Å².